The molecule has 0 aromatic carbocycles. The average Bonchev–Trinajstić information content (AvgIpc) is 1.75. The molecule has 28 valence electrons. The van der Waals surface area contributed by atoms with Gasteiger partial charge in [-0.25, -0.2) is 0 Å². The van der Waals surface area contributed by atoms with Crippen molar-refractivity contribution in [2.75, 3.05) is 6.26 Å². The van der Waals surface area contributed by atoms with Crippen molar-refractivity contribution in [3.8, 4) is 0 Å². The predicted octanol–water partition coefficient (Wildman–Crippen LogP) is -0.239. The van der Waals surface area contributed by atoms with Crippen LogP contribution in [0.15, 0.2) is 0 Å². The molecule has 0 aromatic rings. The van der Waals surface area contributed by atoms with Gasteiger partial charge in [-0.15, -0.1) is 20.1 Å². The molecular weight excluding hydrogens is 99.1 g/mol. The van der Waals surface area contributed by atoms with Crippen LogP contribution in [-0.2, 0) is 8.67 Å². The summed E-state index contributed by atoms with van der Waals surface area (Å²) in [6, 6.07) is 0. The van der Waals surface area contributed by atoms with Crippen LogP contribution in [0.3, 0.4) is 0 Å². The molecule has 0 radical (unpaired) electrons. The van der Waals surface area contributed by atoms with Crippen molar-refractivity contribution in [1.29, 1.82) is 0 Å². The van der Waals surface area contributed by atoms with Gasteiger partial charge in [-0.3, -0.25) is 0 Å². The molecule has 0 saturated carbocycles. The maximum absolute atomic E-state index is 4.27. The van der Waals surface area contributed by atoms with E-state index in [4.69, 9.17) is 0 Å². The molecule has 0 bridgehead atoms. The first kappa shape index (κ1) is 6.27. The Labute approximate surface area is 55.8 Å². The monoisotopic (exact) mass is 104 g/mol. The fourth-order valence-electron chi connectivity index (χ4n) is 0.0333. The summed E-state index contributed by atoms with van der Waals surface area (Å²) in [4.78, 5) is 0. The van der Waals surface area contributed by atoms with E-state index in [1.165, 1.54) is 0 Å². The van der Waals surface area contributed by atoms with Crippen LogP contribution in [0.25, 0.3) is 0 Å². The second kappa shape index (κ2) is 2.44. The van der Waals surface area contributed by atoms with Gasteiger partial charge in [-0.1, -0.05) is 0 Å². The van der Waals surface area contributed by atoms with E-state index < -0.39 is 0 Å². The molecule has 1 saturated heterocycles. The van der Waals surface area contributed by atoms with Gasteiger partial charge >= 0.3 is 29.6 Å². The summed E-state index contributed by atoms with van der Waals surface area (Å²) >= 11 is -0.370. The Balaban J connectivity index is 0.000000160. The van der Waals surface area contributed by atoms with Gasteiger partial charge in [0, 0.05) is 6.26 Å². The summed E-state index contributed by atoms with van der Waals surface area (Å²) in [5, 5.41) is 0. The van der Waals surface area contributed by atoms with Crippen molar-refractivity contribution >= 4 is 41.0 Å². The Morgan fingerprint density at radius 2 is 1.60 bits per heavy atom. The SMILES string of the molecule is C[SH]1OO1.[NaH]. The van der Waals surface area contributed by atoms with Crippen LogP contribution in [0.1, 0.15) is 0 Å². The third-order valence-electron chi connectivity index (χ3n) is 0.224. The molecule has 0 aliphatic carbocycles. The van der Waals surface area contributed by atoms with Gasteiger partial charge in [0.25, 0.3) is 0 Å². The van der Waals surface area contributed by atoms with Gasteiger partial charge in [0.1, 0.15) is 0 Å². The van der Waals surface area contributed by atoms with E-state index in [-0.39, 0.29) is 41.0 Å². The van der Waals surface area contributed by atoms with Crippen LogP contribution in [0.4, 0.5) is 0 Å². The minimum absolute atomic E-state index is 0. The molecule has 1 aliphatic rings. The molecule has 0 aromatic heterocycles. The van der Waals surface area contributed by atoms with E-state index in [1.54, 1.807) is 0 Å². The summed E-state index contributed by atoms with van der Waals surface area (Å²) in [6.07, 6.45) is 1.90. The van der Waals surface area contributed by atoms with Crippen molar-refractivity contribution in [3.05, 3.63) is 0 Å². The fourth-order valence-corrected chi connectivity index (χ4v) is 0.300. The van der Waals surface area contributed by atoms with Crippen molar-refractivity contribution in [2.24, 2.45) is 0 Å². The molecule has 1 fully saturated rings. The minimum atomic E-state index is -0.370. The average molecular weight is 104 g/mol. The van der Waals surface area contributed by atoms with E-state index in [0.29, 0.717) is 0 Å². The first-order chi connectivity index (χ1) is 1.89. The third kappa shape index (κ3) is 3.09. The quantitative estimate of drug-likeness (QED) is 0.198. The Bertz CT molecular complexity index is 28.8. The number of hydrogen-bond donors (Lipinski definition) is 1. The van der Waals surface area contributed by atoms with Crippen LogP contribution in [0.5, 0.6) is 0 Å². The van der Waals surface area contributed by atoms with Crippen LogP contribution < -0.4 is 0 Å². The molecule has 4 heteroatoms. The number of rotatable bonds is 0. The fraction of sp³-hybridized carbons (Fsp3) is 1.00. The molecule has 0 atom stereocenters. The molecule has 5 heavy (non-hydrogen) atoms. The molecular formula is CH5NaO2S. The molecule has 1 heterocycles. The van der Waals surface area contributed by atoms with Crippen LogP contribution >= 0.6 is 11.5 Å². The topological polar surface area (TPSA) is 25.1 Å². The van der Waals surface area contributed by atoms with Gasteiger partial charge in [-0.2, -0.15) is 0 Å². The second-order valence-corrected chi connectivity index (χ2v) is 1.77. The second-order valence-electron chi connectivity index (χ2n) is 0.589. The molecule has 0 spiro atoms. The molecule has 1 rings (SSSR count). The molecule has 2 nitrogen and oxygen atoms in total. The predicted molar refractivity (Wildman–Crippen MR) is 24.2 cm³/mol. The van der Waals surface area contributed by atoms with Gasteiger partial charge in [-0.05, 0) is 0 Å². The summed E-state index contributed by atoms with van der Waals surface area (Å²) < 4.78 is 8.55. The van der Waals surface area contributed by atoms with Gasteiger partial charge in [0.15, 0.2) is 0 Å². The van der Waals surface area contributed by atoms with Gasteiger partial charge in [0.2, 0.25) is 0 Å². The molecule has 0 unspecified atom stereocenters. The standard InChI is InChI=1S/CH4O2S.Na.H/c1-4-2-3-4;;/h4H,1H3;;. The van der Waals surface area contributed by atoms with Crippen molar-refractivity contribution in [2.45, 2.75) is 0 Å². The molecule has 0 N–H and O–H groups in total. The van der Waals surface area contributed by atoms with Crippen molar-refractivity contribution in [3.63, 3.8) is 0 Å². The van der Waals surface area contributed by atoms with Crippen LogP contribution in [0.2, 0.25) is 0 Å². The van der Waals surface area contributed by atoms with E-state index >= 15 is 0 Å². The Morgan fingerprint density at radius 1 is 1.40 bits per heavy atom. The van der Waals surface area contributed by atoms with Crippen LogP contribution in [0, 0.1) is 0 Å². The van der Waals surface area contributed by atoms with Crippen LogP contribution in [-0.4, -0.2) is 35.8 Å². The molecule has 0 amide bonds. The van der Waals surface area contributed by atoms with Crippen molar-refractivity contribution in [1.82, 2.24) is 0 Å². The first-order valence-electron chi connectivity index (χ1n) is 0.979. The Kier molecular flexibility index (Phi) is 3.06. The zero-order valence-corrected chi connectivity index (χ0v) is 3.16. The third-order valence-corrected chi connectivity index (χ3v) is 0.671. The number of thiol groups is 1. The van der Waals surface area contributed by atoms with E-state index in [9.17, 15) is 0 Å². The summed E-state index contributed by atoms with van der Waals surface area (Å²) in [5.41, 5.74) is 0. The van der Waals surface area contributed by atoms with Gasteiger partial charge in [0.05, 0.1) is 0 Å². The molecule has 1 aliphatic heterocycles. The van der Waals surface area contributed by atoms with E-state index in [0.717, 1.165) is 0 Å². The summed E-state index contributed by atoms with van der Waals surface area (Å²) in [7, 11) is 0. The van der Waals surface area contributed by atoms with Gasteiger partial charge < -0.3 is 0 Å². The zero-order valence-electron chi connectivity index (χ0n) is 2.26. The summed E-state index contributed by atoms with van der Waals surface area (Å²) in [6.45, 7) is 0. The first-order valence-corrected chi connectivity index (χ1v) is 2.60. The number of hydrogen-bond acceptors (Lipinski definition) is 2. The van der Waals surface area contributed by atoms with Crippen molar-refractivity contribution < 1.29 is 8.67 Å². The van der Waals surface area contributed by atoms with E-state index in [2.05, 4.69) is 8.67 Å². The maximum atomic E-state index is 4.27. The van der Waals surface area contributed by atoms with E-state index in [1.807, 2.05) is 6.26 Å². The Morgan fingerprint density at radius 3 is 1.60 bits per heavy atom. The Hall–Kier alpha value is 1.27. The summed E-state index contributed by atoms with van der Waals surface area (Å²) in [5.74, 6) is 0. The normalized spacial score (nSPS) is 24.6. The zero-order chi connectivity index (χ0) is 2.99.